The molecule has 16 heavy (non-hydrogen) atoms. The lowest BCUT2D eigenvalue weighted by Crippen LogP contribution is -2.16. The molecule has 0 fully saturated rings. The van der Waals surface area contributed by atoms with Crippen LogP contribution >= 0.6 is 15.9 Å². The van der Waals surface area contributed by atoms with Crippen LogP contribution < -0.4 is 5.32 Å². The molecule has 0 spiro atoms. The van der Waals surface area contributed by atoms with E-state index in [0.717, 1.165) is 4.47 Å². The molecule has 1 N–H and O–H groups in total. The maximum atomic E-state index is 3.62. The monoisotopic (exact) mass is 283 g/mol. The number of nitrogens with one attached hydrogen (secondary N) is 1. The normalized spacial score (nSPS) is 12.6. The van der Waals surface area contributed by atoms with Gasteiger partial charge in [0.15, 0.2) is 0 Å². The molecule has 0 bridgehead atoms. The molecule has 0 saturated carbocycles. The number of anilines is 1. The van der Waals surface area contributed by atoms with Crippen molar-refractivity contribution in [2.45, 2.75) is 53.0 Å². The molecule has 0 radical (unpaired) electrons. The van der Waals surface area contributed by atoms with Gasteiger partial charge in [0, 0.05) is 16.2 Å². The predicted molar refractivity (Wildman–Crippen MR) is 76.2 cm³/mol. The van der Waals surface area contributed by atoms with Crippen molar-refractivity contribution in [1.82, 2.24) is 0 Å². The lowest BCUT2D eigenvalue weighted by Gasteiger charge is -2.19. The van der Waals surface area contributed by atoms with Gasteiger partial charge >= 0.3 is 0 Å². The fourth-order valence-electron chi connectivity index (χ4n) is 1.97. The van der Waals surface area contributed by atoms with Crippen LogP contribution in [0.25, 0.3) is 0 Å². The highest BCUT2D eigenvalue weighted by Crippen LogP contribution is 2.26. The number of aryl methyl sites for hydroxylation is 2. The zero-order chi connectivity index (χ0) is 12.1. The Balaban J connectivity index is 2.73. The van der Waals surface area contributed by atoms with Gasteiger partial charge < -0.3 is 5.32 Å². The third-order valence-electron chi connectivity index (χ3n) is 2.88. The number of hydrogen-bond donors (Lipinski definition) is 1. The fraction of sp³-hybridized carbons (Fsp3) is 0.571. The Morgan fingerprint density at radius 1 is 1.25 bits per heavy atom. The summed E-state index contributed by atoms with van der Waals surface area (Å²) in [6.07, 6.45) is 3.80. The van der Waals surface area contributed by atoms with E-state index in [1.54, 1.807) is 0 Å². The summed E-state index contributed by atoms with van der Waals surface area (Å²) in [7, 11) is 0. The fourth-order valence-corrected chi connectivity index (χ4v) is 2.65. The van der Waals surface area contributed by atoms with E-state index in [4.69, 9.17) is 0 Å². The molecule has 90 valence electrons. The molecule has 0 aromatic heterocycles. The zero-order valence-corrected chi connectivity index (χ0v) is 12.3. The van der Waals surface area contributed by atoms with Gasteiger partial charge in [0.25, 0.3) is 0 Å². The van der Waals surface area contributed by atoms with Gasteiger partial charge in [-0.3, -0.25) is 0 Å². The van der Waals surface area contributed by atoms with Crippen LogP contribution in [0, 0.1) is 13.8 Å². The minimum absolute atomic E-state index is 0.554. The number of benzene rings is 1. The molecule has 2 heteroatoms. The summed E-state index contributed by atoms with van der Waals surface area (Å²) in [6.45, 7) is 8.82. The molecule has 1 aromatic rings. The molecule has 0 saturated heterocycles. The predicted octanol–water partition coefficient (Wildman–Crippen LogP) is 5.06. The minimum Gasteiger partial charge on any atom is -0.382 e. The smallest absolute Gasteiger partial charge is 0.0402 e. The van der Waals surface area contributed by atoms with Crippen molar-refractivity contribution >= 4 is 21.6 Å². The van der Waals surface area contributed by atoms with Crippen LogP contribution in [0.1, 0.15) is 44.2 Å². The van der Waals surface area contributed by atoms with Crippen molar-refractivity contribution in [3.05, 3.63) is 27.7 Å². The second kappa shape index (κ2) is 6.29. The molecule has 1 atom stereocenters. The Hall–Kier alpha value is -0.500. The number of hydrogen-bond acceptors (Lipinski definition) is 1. The molecule has 1 rings (SSSR count). The molecule has 0 amide bonds. The van der Waals surface area contributed by atoms with Gasteiger partial charge in [-0.2, -0.15) is 0 Å². The lowest BCUT2D eigenvalue weighted by molar-refractivity contribution is 0.644. The summed E-state index contributed by atoms with van der Waals surface area (Å²) in [4.78, 5) is 0. The lowest BCUT2D eigenvalue weighted by atomic mass is 10.1. The molecule has 1 aromatic carbocycles. The van der Waals surface area contributed by atoms with Crippen LogP contribution in [-0.4, -0.2) is 6.04 Å². The quantitative estimate of drug-likeness (QED) is 0.797. The summed E-state index contributed by atoms with van der Waals surface area (Å²) in [5.74, 6) is 0. The van der Waals surface area contributed by atoms with Gasteiger partial charge in [-0.05, 0) is 50.5 Å². The van der Waals surface area contributed by atoms with Crippen molar-refractivity contribution in [2.24, 2.45) is 0 Å². The van der Waals surface area contributed by atoms with Crippen molar-refractivity contribution in [2.75, 3.05) is 5.32 Å². The van der Waals surface area contributed by atoms with Crippen LogP contribution in [-0.2, 0) is 0 Å². The highest BCUT2D eigenvalue weighted by atomic mass is 79.9. The first-order valence-electron chi connectivity index (χ1n) is 6.08. The van der Waals surface area contributed by atoms with E-state index in [0.29, 0.717) is 6.04 Å². The van der Waals surface area contributed by atoms with Crippen molar-refractivity contribution in [3.63, 3.8) is 0 Å². The van der Waals surface area contributed by atoms with Gasteiger partial charge in [0.05, 0.1) is 0 Å². The first kappa shape index (κ1) is 13.6. The van der Waals surface area contributed by atoms with Crippen LogP contribution in [0.2, 0.25) is 0 Å². The van der Waals surface area contributed by atoms with Crippen LogP contribution in [0.5, 0.6) is 0 Å². The molecular formula is C14H22BrN. The maximum Gasteiger partial charge on any atom is 0.0402 e. The first-order chi connectivity index (χ1) is 7.54. The van der Waals surface area contributed by atoms with E-state index < -0.39 is 0 Å². The van der Waals surface area contributed by atoms with Crippen LogP contribution in [0.15, 0.2) is 16.6 Å². The molecule has 1 nitrogen and oxygen atoms in total. The topological polar surface area (TPSA) is 12.0 Å². The Labute approximate surface area is 108 Å². The SMILES string of the molecule is CCCCC(C)Nc1c(C)cc(Br)cc1C. The van der Waals surface area contributed by atoms with Gasteiger partial charge in [0.2, 0.25) is 0 Å². The second-order valence-corrected chi connectivity index (χ2v) is 5.52. The van der Waals surface area contributed by atoms with E-state index >= 15 is 0 Å². The van der Waals surface area contributed by atoms with E-state index in [2.05, 4.69) is 61.1 Å². The Kier molecular flexibility index (Phi) is 5.33. The average Bonchev–Trinajstić information content (AvgIpc) is 2.20. The van der Waals surface area contributed by atoms with Crippen LogP contribution in [0.4, 0.5) is 5.69 Å². The summed E-state index contributed by atoms with van der Waals surface area (Å²) in [5.41, 5.74) is 3.93. The summed E-state index contributed by atoms with van der Waals surface area (Å²) < 4.78 is 1.16. The van der Waals surface area contributed by atoms with Gasteiger partial charge in [-0.15, -0.1) is 0 Å². The van der Waals surface area contributed by atoms with Crippen molar-refractivity contribution < 1.29 is 0 Å². The zero-order valence-electron chi connectivity index (χ0n) is 10.7. The highest BCUT2D eigenvalue weighted by Gasteiger charge is 2.07. The van der Waals surface area contributed by atoms with Crippen LogP contribution in [0.3, 0.4) is 0 Å². The Bertz CT molecular complexity index is 324. The number of rotatable bonds is 5. The molecule has 1 unspecified atom stereocenters. The Morgan fingerprint density at radius 2 is 1.81 bits per heavy atom. The minimum atomic E-state index is 0.554. The van der Waals surface area contributed by atoms with E-state index in [-0.39, 0.29) is 0 Å². The van der Waals surface area contributed by atoms with E-state index in [9.17, 15) is 0 Å². The summed E-state index contributed by atoms with van der Waals surface area (Å²) in [5, 5.41) is 3.62. The summed E-state index contributed by atoms with van der Waals surface area (Å²) >= 11 is 3.53. The maximum absolute atomic E-state index is 3.62. The largest absolute Gasteiger partial charge is 0.382 e. The van der Waals surface area contributed by atoms with Crippen molar-refractivity contribution in [1.29, 1.82) is 0 Å². The molecule has 0 aliphatic rings. The van der Waals surface area contributed by atoms with Gasteiger partial charge in [-0.25, -0.2) is 0 Å². The average molecular weight is 284 g/mol. The van der Waals surface area contributed by atoms with E-state index in [1.165, 1.54) is 36.1 Å². The third-order valence-corrected chi connectivity index (χ3v) is 3.34. The first-order valence-corrected chi connectivity index (χ1v) is 6.87. The number of unbranched alkanes of at least 4 members (excludes halogenated alkanes) is 1. The number of halogens is 1. The van der Waals surface area contributed by atoms with Crippen molar-refractivity contribution in [3.8, 4) is 0 Å². The highest BCUT2D eigenvalue weighted by molar-refractivity contribution is 9.10. The molecule has 0 aliphatic heterocycles. The summed E-state index contributed by atoms with van der Waals surface area (Å²) in [6, 6.07) is 4.89. The standard InChI is InChI=1S/C14H22BrN/c1-5-6-7-12(4)16-14-10(2)8-13(15)9-11(14)3/h8-9,12,16H,5-7H2,1-4H3. The molecule has 0 aliphatic carbocycles. The van der Waals surface area contributed by atoms with E-state index in [1.807, 2.05) is 0 Å². The molecular weight excluding hydrogens is 262 g/mol. The van der Waals surface area contributed by atoms with Gasteiger partial charge in [-0.1, -0.05) is 35.7 Å². The Morgan fingerprint density at radius 3 is 2.31 bits per heavy atom. The second-order valence-electron chi connectivity index (χ2n) is 4.60. The van der Waals surface area contributed by atoms with Gasteiger partial charge in [0.1, 0.15) is 0 Å². The molecule has 0 heterocycles. The third kappa shape index (κ3) is 3.82.